The molecule has 10 nitrogen and oxygen atoms in total. The van der Waals surface area contributed by atoms with Crippen molar-refractivity contribution in [1.82, 2.24) is 8.47 Å². The van der Waals surface area contributed by atoms with E-state index in [-0.39, 0.29) is 0 Å². The second kappa shape index (κ2) is 7.80. The van der Waals surface area contributed by atoms with Crippen molar-refractivity contribution in [3.63, 3.8) is 0 Å². The predicted molar refractivity (Wildman–Crippen MR) is 166 cm³/mol. The van der Waals surface area contributed by atoms with Gasteiger partial charge < -0.3 is 9.59 Å². The Bertz CT molecular complexity index is 2390. The largest absolute Gasteiger partial charge is 0.597 e. The second-order valence-corrected chi connectivity index (χ2v) is 12.8. The highest BCUT2D eigenvalue weighted by Gasteiger charge is 2.46. The van der Waals surface area contributed by atoms with Gasteiger partial charge in [-0.3, -0.25) is 8.47 Å². The Morgan fingerprint density at radius 1 is 0.395 bits per heavy atom. The van der Waals surface area contributed by atoms with Gasteiger partial charge in [0.15, 0.2) is 23.3 Å². The van der Waals surface area contributed by atoms with Gasteiger partial charge in [-0.25, -0.2) is 30.0 Å². The van der Waals surface area contributed by atoms with E-state index in [1.807, 2.05) is 97.1 Å². The molecular formula is C32H18N8O2Si. The van der Waals surface area contributed by atoms with Crippen LogP contribution in [0.4, 0.5) is 11.6 Å². The summed E-state index contributed by atoms with van der Waals surface area (Å²) in [5.74, 6) is 2.45. The van der Waals surface area contributed by atoms with Crippen LogP contribution in [-0.4, -0.2) is 50.3 Å². The van der Waals surface area contributed by atoms with Gasteiger partial charge in [-0.05, 0) is 0 Å². The van der Waals surface area contributed by atoms with Gasteiger partial charge in [-0.1, -0.05) is 97.1 Å². The highest BCUT2D eigenvalue weighted by atomic mass is 28.4. The van der Waals surface area contributed by atoms with E-state index in [0.29, 0.717) is 67.5 Å². The Balaban J connectivity index is 1.53. The third kappa shape index (κ3) is 2.87. The molecule has 2 aromatic heterocycles. The lowest BCUT2D eigenvalue weighted by Crippen LogP contribution is -2.60. The maximum Gasteiger partial charge on any atom is 0.597 e. The van der Waals surface area contributed by atoms with Crippen LogP contribution in [0.2, 0.25) is 0 Å². The van der Waals surface area contributed by atoms with E-state index in [9.17, 15) is 9.59 Å². The summed E-state index contributed by atoms with van der Waals surface area (Å²) >= 11 is 0. The Morgan fingerprint density at radius 2 is 0.744 bits per heavy atom. The molecule has 6 bridgehead atoms. The normalized spacial score (nSPS) is 16.8. The van der Waals surface area contributed by atoms with Crippen molar-refractivity contribution in [2.75, 3.05) is 0 Å². The fraction of sp³-hybridized carbons (Fsp3) is 0. The smallest absolute Gasteiger partial charge is 0.377 e. The number of aliphatic imine (C=N–C) groups is 4. The first-order chi connectivity index (χ1) is 21.1. The standard InChI is InChI=1S/C32H18N8O2Si/c41-43(42)39-29-21-13-5-6-14-22(21)31(39)37-27-19-11-3-4-12-20(19)28(34-27)38-32-24-16-8-7-15-23(24)30(40(32)43)36-26-18-10-2-1-9-17(18)25(33-26)35-29/h1-16,41-42H. The summed E-state index contributed by atoms with van der Waals surface area (Å²) in [5, 5.41) is 2.83. The number of nitrogens with zero attached hydrogens (tertiary/aromatic N) is 8. The zero-order valence-electron chi connectivity index (χ0n) is 22.2. The van der Waals surface area contributed by atoms with Crippen LogP contribution in [0, 0.1) is 0 Å². The predicted octanol–water partition coefficient (Wildman–Crippen LogP) is 3.36. The number of hydrogen-bond acceptors (Lipinski definition) is 8. The maximum absolute atomic E-state index is 12.6. The van der Waals surface area contributed by atoms with E-state index in [4.69, 9.17) is 30.0 Å². The van der Waals surface area contributed by atoms with Gasteiger partial charge in [0, 0.05) is 43.8 Å². The molecule has 0 saturated heterocycles. The minimum Gasteiger partial charge on any atom is -0.377 e. The molecule has 0 fully saturated rings. The molecule has 0 aliphatic carbocycles. The summed E-state index contributed by atoms with van der Waals surface area (Å²) in [6.45, 7) is 0. The molecule has 0 saturated carbocycles. The van der Waals surface area contributed by atoms with Crippen LogP contribution in [0.3, 0.4) is 0 Å². The SMILES string of the molecule is O[Si]1(O)n2c3c4ccccc4c2N=C2N=C(N=c4c5ccccc5c(n41)=NC1=NC(=N3)c3ccccc31)c1ccccc12. The second-order valence-electron chi connectivity index (χ2n) is 10.7. The molecule has 43 heavy (non-hydrogen) atoms. The zero-order valence-corrected chi connectivity index (χ0v) is 23.2. The molecule has 0 radical (unpaired) electrons. The van der Waals surface area contributed by atoms with Gasteiger partial charge in [-0.2, -0.15) is 0 Å². The van der Waals surface area contributed by atoms with Crippen molar-refractivity contribution in [2.45, 2.75) is 0 Å². The van der Waals surface area contributed by atoms with Crippen LogP contribution in [0.1, 0.15) is 22.3 Å². The summed E-state index contributed by atoms with van der Waals surface area (Å²) < 4.78 is 2.94. The third-order valence-corrected chi connectivity index (χ3v) is 10.4. The Kier molecular flexibility index (Phi) is 4.17. The molecule has 11 heteroatoms. The first-order valence-electron chi connectivity index (χ1n) is 13.8. The van der Waals surface area contributed by atoms with Crippen molar-refractivity contribution in [3.8, 4) is 0 Å². The van der Waals surface area contributed by atoms with Crippen LogP contribution in [0.15, 0.2) is 127 Å². The first kappa shape index (κ1) is 23.0. The zero-order chi connectivity index (χ0) is 28.4. The molecule has 10 rings (SSSR count). The summed E-state index contributed by atoms with van der Waals surface area (Å²) in [5.41, 5.74) is 3.93. The molecule has 0 unspecified atom stereocenters. The van der Waals surface area contributed by atoms with E-state index < -0.39 is 8.88 Å². The number of aromatic nitrogens is 2. The summed E-state index contributed by atoms with van der Waals surface area (Å²) in [6.07, 6.45) is 0. The van der Waals surface area contributed by atoms with Crippen LogP contribution in [0.5, 0.6) is 0 Å². The highest BCUT2D eigenvalue weighted by Crippen LogP contribution is 2.42. The van der Waals surface area contributed by atoms with Gasteiger partial charge in [0.2, 0.25) is 0 Å². The van der Waals surface area contributed by atoms with Crippen molar-refractivity contribution < 1.29 is 9.59 Å². The third-order valence-electron chi connectivity index (χ3n) is 8.35. The minimum atomic E-state index is -4.80. The van der Waals surface area contributed by atoms with Crippen LogP contribution >= 0.6 is 0 Å². The molecule has 0 spiro atoms. The molecule has 6 heterocycles. The van der Waals surface area contributed by atoms with E-state index in [0.717, 1.165) is 22.3 Å². The fourth-order valence-corrected chi connectivity index (χ4v) is 8.49. The minimum absolute atomic E-state index is 0.342. The van der Waals surface area contributed by atoms with Gasteiger partial charge in [0.05, 0.1) is 0 Å². The average molecular weight is 575 g/mol. The Morgan fingerprint density at radius 3 is 1.16 bits per heavy atom. The summed E-state index contributed by atoms with van der Waals surface area (Å²) in [4.78, 5) is 55.2. The quantitative estimate of drug-likeness (QED) is 0.270. The van der Waals surface area contributed by atoms with Crippen LogP contribution in [-0.2, 0) is 0 Å². The summed E-state index contributed by atoms with van der Waals surface area (Å²) in [6, 6.07) is 30.8. The van der Waals surface area contributed by atoms with Crippen LogP contribution < -0.4 is 11.0 Å². The van der Waals surface area contributed by atoms with Gasteiger partial charge in [0.1, 0.15) is 22.6 Å². The Hall–Kier alpha value is -5.62. The monoisotopic (exact) mass is 574 g/mol. The van der Waals surface area contributed by atoms with Crippen molar-refractivity contribution in [3.05, 3.63) is 130 Å². The molecule has 202 valence electrons. The number of fused-ring (bicyclic) bond motifs is 14. The number of rotatable bonds is 0. The lowest BCUT2D eigenvalue weighted by molar-refractivity contribution is 0.324. The Labute approximate surface area is 243 Å². The van der Waals surface area contributed by atoms with Crippen LogP contribution in [0.25, 0.3) is 21.5 Å². The van der Waals surface area contributed by atoms with Crippen molar-refractivity contribution >= 4 is 65.4 Å². The first-order valence-corrected chi connectivity index (χ1v) is 15.6. The number of amidine groups is 4. The average Bonchev–Trinajstić information content (AvgIpc) is 3.74. The van der Waals surface area contributed by atoms with Gasteiger partial charge in [0.25, 0.3) is 0 Å². The van der Waals surface area contributed by atoms with E-state index in [1.165, 1.54) is 8.47 Å². The van der Waals surface area contributed by atoms with Gasteiger partial charge in [-0.15, -0.1) is 0 Å². The maximum atomic E-state index is 12.6. The van der Waals surface area contributed by atoms with E-state index in [1.54, 1.807) is 0 Å². The molecule has 2 N–H and O–H groups in total. The molecule has 4 aromatic carbocycles. The summed E-state index contributed by atoms with van der Waals surface area (Å²) in [7, 11) is -4.80. The number of benzene rings is 4. The molecule has 0 amide bonds. The molecular weight excluding hydrogens is 556 g/mol. The van der Waals surface area contributed by atoms with E-state index >= 15 is 0 Å². The lowest BCUT2D eigenvalue weighted by Gasteiger charge is -2.23. The number of hydrogen-bond donors (Lipinski definition) is 2. The van der Waals surface area contributed by atoms with Gasteiger partial charge >= 0.3 is 8.88 Å². The molecule has 6 aromatic rings. The molecule has 4 aliphatic rings. The molecule has 0 atom stereocenters. The lowest BCUT2D eigenvalue weighted by atomic mass is 10.1. The molecule has 4 aliphatic heterocycles. The topological polar surface area (TPSA) is 124 Å². The van der Waals surface area contributed by atoms with Crippen molar-refractivity contribution in [2.24, 2.45) is 30.0 Å². The highest BCUT2D eigenvalue weighted by molar-refractivity contribution is 6.63. The van der Waals surface area contributed by atoms with E-state index in [2.05, 4.69) is 0 Å². The van der Waals surface area contributed by atoms with Crippen molar-refractivity contribution in [1.29, 1.82) is 0 Å². The fourth-order valence-electron chi connectivity index (χ4n) is 6.47.